The molecule has 0 radical (unpaired) electrons. The van der Waals surface area contributed by atoms with Gasteiger partial charge in [-0.15, -0.1) is 11.3 Å². The van der Waals surface area contributed by atoms with E-state index >= 15 is 0 Å². The Balaban J connectivity index is 1.99. The van der Waals surface area contributed by atoms with E-state index in [1.54, 1.807) is 23.5 Å². The Morgan fingerprint density at radius 1 is 1.30 bits per heavy atom. The molecule has 1 heterocycles. The number of aromatic nitrogens is 1. The lowest BCUT2D eigenvalue weighted by molar-refractivity contribution is -0.384. The molecule has 0 unspecified atom stereocenters. The van der Waals surface area contributed by atoms with Gasteiger partial charge >= 0.3 is 0 Å². The van der Waals surface area contributed by atoms with Crippen molar-refractivity contribution in [3.63, 3.8) is 0 Å². The van der Waals surface area contributed by atoms with Crippen LogP contribution < -0.4 is 11.1 Å². The van der Waals surface area contributed by atoms with Crippen LogP contribution in [-0.4, -0.2) is 29.5 Å². The number of hydrogen-bond acceptors (Lipinski definition) is 6. The van der Waals surface area contributed by atoms with Crippen molar-refractivity contribution in [1.29, 1.82) is 0 Å². The number of nitrogens with zero attached hydrogens (tertiary/aromatic N) is 2. The van der Waals surface area contributed by atoms with Gasteiger partial charge in [0.2, 0.25) is 0 Å². The highest BCUT2D eigenvalue weighted by Gasteiger charge is 2.08. The fourth-order valence-corrected chi connectivity index (χ4v) is 2.54. The average molecular weight is 292 g/mol. The summed E-state index contributed by atoms with van der Waals surface area (Å²) in [7, 11) is 0. The predicted octanol–water partition coefficient (Wildman–Crippen LogP) is 1.81. The molecule has 6 nitrogen and oxygen atoms in total. The first-order valence-corrected chi connectivity index (χ1v) is 7.18. The van der Waals surface area contributed by atoms with Gasteiger partial charge in [-0.25, -0.2) is 4.98 Å². The summed E-state index contributed by atoms with van der Waals surface area (Å²) in [6, 6.07) is 6.45. The van der Waals surface area contributed by atoms with E-state index in [0.717, 1.165) is 35.8 Å². The molecule has 0 amide bonds. The Morgan fingerprint density at radius 2 is 2.05 bits per heavy atom. The van der Waals surface area contributed by atoms with Crippen LogP contribution in [0.4, 0.5) is 5.69 Å². The lowest BCUT2D eigenvalue weighted by Gasteiger charge is -1.99. The van der Waals surface area contributed by atoms with Crippen molar-refractivity contribution >= 4 is 17.0 Å². The van der Waals surface area contributed by atoms with Gasteiger partial charge < -0.3 is 11.1 Å². The molecule has 106 valence electrons. The van der Waals surface area contributed by atoms with Crippen LogP contribution in [0.3, 0.4) is 0 Å². The summed E-state index contributed by atoms with van der Waals surface area (Å²) in [5.41, 5.74) is 7.25. The van der Waals surface area contributed by atoms with Gasteiger partial charge in [0.05, 0.1) is 15.6 Å². The fraction of sp³-hybridized carbons (Fsp3) is 0.308. The van der Waals surface area contributed by atoms with Crippen LogP contribution in [0.2, 0.25) is 0 Å². The number of benzene rings is 1. The predicted molar refractivity (Wildman–Crippen MR) is 79.8 cm³/mol. The zero-order chi connectivity index (χ0) is 14.4. The second-order valence-electron chi connectivity index (χ2n) is 4.22. The summed E-state index contributed by atoms with van der Waals surface area (Å²) in [4.78, 5) is 14.7. The number of thiazole rings is 1. The van der Waals surface area contributed by atoms with E-state index in [9.17, 15) is 10.1 Å². The zero-order valence-corrected chi connectivity index (χ0v) is 11.7. The number of nitro groups is 1. The van der Waals surface area contributed by atoms with E-state index < -0.39 is 4.92 Å². The molecule has 0 aliphatic rings. The SMILES string of the molecule is NCCNCCc1nc(-c2ccc([N+](=O)[O-])cc2)cs1. The summed E-state index contributed by atoms with van der Waals surface area (Å²) < 4.78 is 0. The van der Waals surface area contributed by atoms with Crippen molar-refractivity contribution in [3.8, 4) is 11.3 Å². The van der Waals surface area contributed by atoms with Crippen LogP contribution >= 0.6 is 11.3 Å². The van der Waals surface area contributed by atoms with Crippen LogP contribution in [0.1, 0.15) is 5.01 Å². The molecule has 0 bridgehead atoms. The Bertz CT molecular complexity index is 568. The molecule has 2 aromatic rings. The van der Waals surface area contributed by atoms with Gasteiger partial charge in [0.15, 0.2) is 0 Å². The number of nitrogens with two attached hydrogens (primary N) is 1. The highest BCUT2D eigenvalue weighted by Crippen LogP contribution is 2.24. The molecule has 0 spiro atoms. The van der Waals surface area contributed by atoms with Crippen LogP contribution in [0.5, 0.6) is 0 Å². The molecule has 20 heavy (non-hydrogen) atoms. The van der Waals surface area contributed by atoms with E-state index in [2.05, 4.69) is 10.3 Å². The van der Waals surface area contributed by atoms with Crippen molar-refractivity contribution in [3.05, 3.63) is 44.8 Å². The molecule has 0 fully saturated rings. The molecule has 0 saturated heterocycles. The molecule has 7 heteroatoms. The van der Waals surface area contributed by atoms with Gasteiger partial charge in [-0.05, 0) is 12.1 Å². The van der Waals surface area contributed by atoms with E-state index in [0.29, 0.717) is 6.54 Å². The summed E-state index contributed by atoms with van der Waals surface area (Å²) in [6.07, 6.45) is 0.859. The Labute approximate surface area is 120 Å². The van der Waals surface area contributed by atoms with Crippen LogP contribution in [0.25, 0.3) is 11.3 Å². The number of nitro benzene ring substituents is 1. The summed E-state index contributed by atoms with van der Waals surface area (Å²) >= 11 is 1.60. The number of rotatable bonds is 7. The molecule has 3 N–H and O–H groups in total. The quantitative estimate of drug-likeness (QED) is 0.461. The molecule has 1 aromatic heterocycles. The largest absolute Gasteiger partial charge is 0.329 e. The average Bonchev–Trinajstić information content (AvgIpc) is 2.92. The van der Waals surface area contributed by atoms with Crippen LogP contribution in [0, 0.1) is 10.1 Å². The van der Waals surface area contributed by atoms with Gasteiger partial charge in [0, 0.05) is 49.1 Å². The van der Waals surface area contributed by atoms with Gasteiger partial charge in [-0.2, -0.15) is 0 Å². The number of non-ortho nitro benzene ring substituents is 1. The number of nitrogens with one attached hydrogen (secondary N) is 1. The van der Waals surface area contributed by atoms with E-state index in [-0.39, 0.29) is 5.69 Å². The second-order valence-corrected chi connectivity index (χ2v) is 5.16. The maximum absolute atomic E-state index is 10.6. The number of hydrogen-bond donors (Lipinski definition) is 2. The smallest absolute Gasteiger partial charge is 0.269 e. The van der Waals surface area contributed by atoms with Gasteiger partial charge in [0.1, 0.15) is 0 Å². The van der Waals surface area contributed by atoms with Gasteiger partial charge in [0.25, 0.3) is 5.69 Å². The Morgan fingerprint density at radius 3 is 2.70 bits per heavy atom. The van der Waals surface area contributed by atoms with Crippen molar-refractivity contribution < 1.29 is 4.92 Å². The van der Waals surface area contributed by atoms with Gasteiger partial charge in [-0.3, -0.25) is 10.1 Å². The third kappa shape index (κ3) is 3.83. The van der Waals surface area contributed by atoms with Crippen molar-refractivity contribution in [1.82, 2.24) is 10.3 Å². The van der Waals surface area contributed by atoms with E-state index in [1.807, 2.05) is 5.38 Å². The molecular weight excluding hydrogens is 276 g/mol. The molecule has 0 saturated carbocycles. The Hall–Kier alpha value is -1.83. The summed E-state index contributed by atoms with van der Waals surface area (Å²) in [5.74, 6) is 0. The maximum atomic E-state index is 10.6. The van der Waals surface area contributed by atoms with E-state index in [1.165, 1.54) is 12.1 Å². The molecule has 0 atom stereocenters. The maximum Gasteiger partial charge on any atom is 0.269 e. The second kappa shape index (κ2) is 7.09. The molecule has 0 aliphatic carbocycles. The zero-order valence-electron chi connectivity index (χ0n) is 10.9. The van der Waals surface area contributed by atoms with E-state index in [4.69, 9.17) is 5.73 Å². The summed E-state index contributed by atoms with van der Waals surface area (Å²) in [6.45, 7) is 2.29. The highest BCUT2D eigenvalue weighted by atomic mass is 32.1. The first-order valence-electron chi connectivity index (χ1n) is 6.30. The molecular formula is C13H16N4O2S. The third-order valence-electron chi connectivity index (χ3n) is 2.76. The van der Waals surface area contributed by atoms with Crippen LogP contribution in [0.15, 0.2) is 29.6 Å². The third-order valence-corrected chi connectivity index (χ3v) is 3.67. The molecule has 0 aliphatic heterocycles. The minimum Gasteiger partial charge on any atom is -0.329 e. The summed E-state index contributed by atoms with van der Waals surface area (Å²) in [5, 5.41) is 16.8. The van der Waals surface area contributed by atoms with Crippen LogP contribution in [-0.2, 0) is 6.42 Å². The lowest BCUT2D eigenvalue weighted by atomic mass is 10.1. The first-order chi connectivity index (χ1) is 9.70. The monoisotopic (exact) mass is 292 g/mol. The molecule has 1 aromatic carbocycles. The minimum atomic E-state index is -0.403. The lowest BCUT2D eigenvalue weighted by Crippen LogP contribution is -2.24. The fourth-order valence-electron chi connectivity index (χ4n) is 1.73. The highest BCUT2D eigenvalue weighted by molar-refractivity contribution is 7.09. The van der Waals surface area contributed by atoms with Crippen molar-refractivity contribution in [2.24, 2.45) is 5.73 Å². The van der Waals surface area contributed by atoms with Crippen molar-refractivity contribution in [2.75, 3.05) is 19.6 Å². The standard InChI is InChI=1S/C13H16N4O2S/c14-6-8-15-7-5-13-16-12(9-20-13)10-1-3-11(4-2-10)17(18)19/h1-4,9,15H,5-8,14H2. The first kappa shape index (κ1) is 14.6. The minimum absolute atomic E-state index is 0.0928. The normalized spacial score (nSPS) is 10.7. The topological polar surface area (TPSA) is 94.1 Å². The Kier molecular flexibility index (Phi) is 5.16. The van der Waals surface area contributed by atoms with Gasteiger partial charge in [-0.1, -0.05) is 0 Å². The molecule has 2 rings (SSSR count). The van der Waals surface area contributed by atoms with Crippen molar-refractivity contribution in [2.45, 2.75) is 6.42 Å².